The molecule has 3 aromatic rings. The molecule has 1 aromatic heterocycles. The van der Waals surface area contributed by atoms with Crippen molar-refractivity contribution in [1.29, 1.82) is 0 Å². The minimum atomic E-state index is -0.397. The number of anilines is 2. The van der Waals surface area contributed by atoms with Gasteiger partial charge in [0.05, 0.1) is 12.1 Å². The largest absolute Gasteiger partial charge is 0.350 e. The predicted octanol–water partition coefficient (Wildman–Crippen LogP) is 3.43. The van der Waals surface area contributed by atoms with Crippen LogP contribution in [0.4, 0.5) is 11.4 Å². The van der Waals surface area contributed by atoms with E-state index in [0.717, 1.165) is 5.56 Å². The van der Waals surface area contributed by atoms with Gasteiger partial charge in [0.15, 0.2) is 0 Å². The first kappa shape index (κ1) is 20.0. The van der Waals surface area contributed by atoms with Crippen molar-refractivity contribution in [2.45, 2.75) is 13.5 Å². The summed E-state index contributed by atoms with van der Waals surface area (Å²) in [6.07, 6.45) is 3.25. The molecule has 0 atom stereocenters. The Hall–Kier alpha value is -4.26. The number of imide groups is 1. The molecule has 0 spiro atoms. The van der Waals surface area contributed by atoms with Gasteiger partial charge in [-0.05, 0) is 47.5 Å². The van der Waals surface area contributed by atoms with Gasteiger partial charge in [-0.3, -0.25) is 24.3 Å². The Morgan fingerprint density at radius 1 is 0.871 bits per heavy atom. The minimum absolute atomic E-state index is 0.156. The average molecular weight is 412 g/mol. The summed E-state index contributed by atoms with van der Waals surface area (Å²) < 4.78 is 0. The highest BCUT2D eigenvalue weighted by Gasteiger charge is 2.39. The summed E-state index contributed by atoms with van der Waals surface area (Å²) in [7, 11) is 0. The lowest BCUT2D eigenvalue weighted by atomic mass is 10.0. The van der Waals surface area contributed by atoms with E-state index in [2.05, 4.69) is 15.6 Å². The molecule has 154 valence electrons. The first-order valence-electron chi connectivity index (χ1n) is 9.72. The van der Waals surface area contributed by atoms with Crippen LogP contribution in [-0.4, -0.2) is 27.6 Å². The molecule has 31 heavy (non-hydrogen) atoms. The fourth-order valence-corrected chi connectivity index (χ4v) is 3.36. The quantitative estimate of drug-likeness (QED) is 0.606. The Kier molecular flexibility index (Phi) is 5.57. The maximum absolute atomic E-state index is 13.2. The van der Waals surface area contributed by atoms with Crippen LogP contribution in [0.2, 0.25) is 0 Å². The molecule has 1 aliphatic rings. The summed E-state index contributed by atoms with van der Waals surface area (Å²) in [5.41, 5.74) is 3.29. The average Bonchev–Trinajstić information content (AvgIpc) is 3.00. The summed E-state index contributed by atoms with van der Waals surface area (Å²) in [6, 6.07) is 19.6. The van der Waals surface area contributed by atoms with E-state index in [9.17, 15) is 14.4 Å². The molecule has 0 saturated carbocycles. The molecule has 1 aliphatic heterocycles. The predicted molar refractivity (Wildman–Crippen MR) is 118 cm³/mol. The molecule has 7 nitrogen and oxygen atoms in total. The maximum atomic E-state index is 13.2. The number of hydrogen-bond donors (Lipinski definition) is 2. The number of amides is 3. The van der Waals surface area contributed by atoms with E-state index in [-0.39, 0.29) is 24.1 Å². The minimum Gasteiger partial charge on any atom is -0.350 e. The highest BCUT2D eigenvalue weighted by Crippen LogP contribution is 2.31. The number of pyridine rings is 1. The normalized spacial score (nSPS) is 13.5. The number of nitrogens with zero attached hydrogens (tertiary/aromatic N) is 2. The Morgan fingerprint density at radius 3 is 2.16 bits per heavy atom. The van der Waals surface area contributed by atoms with Crippen LogP contribution in [0, 0.1) is 0 Å². The topological polar surface area (TPSA) is 91.4 Å². The van der Waals surface area contributed by atoms with Crippen LogP contribution >= 0.6 is 0 Å². The van der Waals surface area contributed by atoms with Crippen LogP contribution in [0.25, 0.3) is 5.57 Å². The van der Waals surface area contributed by atoms with Gasteiger partial charge in [-0.2, -0.15) is 0 Å². The van der Waals surface area contributed by atoms with Crippen LogP contribution in [0.5, 0.6) is 0 Å². The van der Waals surface area contributed by atoms with E-state index in [4.69, 9.17) is 0 Å². The molecular weight excluding hydrogens is 392 g/mol. The first-order valence-corrected chi connectivity index (χ1v) is 9.72. The number of rotatable bonds is 6. The number of benzene rings is 2. The zero-order valence-electron chi connectivity index (χ0n) is 16.8. The van der Waals surface area contributed by atoms with Crippen molar-refractivity contribution >= 4 is 34.7 Å². The molecule has 7 heteroatoms. The van der Waals surface area contributed by atoms with Crippen LogP contribution in [0.1, 0.15) is 18.1 Å². The Labute approximate surface area is 179 Å². The standard InChI is InChI=1S/C24H20N4O3/c1-16(29)26-19-7-9-20(10-8-19)27-22-21(18-5-3-2-4-6-18)23(30)28(24(22)31)15-17-11-13-25-14-12-17/h2-14,27H,15H2,1H3,(H,26,29). The van der Waals surface area contributed by atoms with Crippen molar-refractivity contribution in [3.8, 4) is 0 Å². The van der Waals surface area contributed by atoms with Gasteiger partial charge in [0.2, 0.25) is 5.91 Å². The molecule has 0 bridgehead atoms. The molecule has 0 aliphatic carbocycles. The zero-order chi connectivity index (χ0) is 21.8. The highest BCUT2D eigenvalue weighted by molar-refractivity contribution is 6.36. The molecule has 2 N–H and O–H groups in total. The number of carbonyl (C=O) groups excluding carboxylic acids is 3. The van der Waals surface area contributed by atoms with E-state index in [0.29, 0.717) is 22.5 Å². The summed E-state index contributed by atoms with van der Waals surface area (Å²) in [4.78, 5) is 42.9. The van der Waals surface area contributed by atoms with Gasteiger partial charge in [0.1, 0.15) is 5.70 Å². The molecule has 2 aromatic carbocycles. The lowest BCUT2D eigenvalue weighted by Gasteiger charge is -2.15. The first-order chi connectivity index (χ1) is 15.0. The molecule has 0 radical (unpaired) electrons. The van der Waals surface area contributed by atoms with Gasteiger partial charge in [0.25, 0.3) is 11.8 Å². The third kappa shape index (κ3) is 4.35. The van der Waals surface area contributed by atoms with Gasteiger partial charge in [0, 0.05) is 30.7 Å². The van der Waals surface area contributed by atoms with E-state index in [1.807, 2.05) is 18.2 Å². The third-order valence-electron chi connectivity index (χ3n) is 4.80. The second-order valence-electron chi connectivity index (χ2n) is 7.05. The number of aromatic nitrogens is 1. The third-order valence-corrected chi connectivity index (χ3v) is 4.80. The summed E-state index contributed by atoms with van der Waals surface area (Å²) in [5.74, 6) is -0.921. The maximum Gasteiger partial charge on any atom is 0.278 e. The molecule has 3 amide bonds. The second-order valence-corrected chi connectivity index (χ2v) is 7.05. The van der Waals surface area contributed by atoms with Gasteiger partial charge < -0.3 is 10.6 Å². The van der Waals surface area contributed by atoms with Crippen molar-refractivity contribution in [3.05, 3.63) is 95.9 Å². The van der Waals surface area contributed by atoms with Gasteiger partial charge in [-0.25, -0.2) is 0 Å². The van der Waals surface area contributed by atoms with Gasteiger partial charge in [-0.15, -0.1) is 0 Å². The van der Waals surface area contributed by atoms with Crippen molar-refractivity contribution in [2.24, 2.45) is 0 Å². The molecule has 2 heterocycles. The molecule has 0 unspecified atom stereocenters. The van der Waals surface area contributed by atoms with E-state index in [1.54, 1.807) is 60.9 Å². The zero-order valence-corrected chi connectivity index (χ0v) is 16.8. The lowest BCUT2D eigenvalue weighted by Crippen LogP contribution is -2.32. The fourth-order valence-electron chi connectivity index (χ4n) is 3.36. The number of hydrogen-bond acceptors (Lipinski definition) is 5. The fraction of sp³-hybridized carbons (Fsp3) is 0.0833. The van der Waals surface area contributed by atoms with Crippen LogP contribution in [-0.2, 0) is 20.9 Å². The van der Waals surface area contributed by atoms with Gasteiger partial charge >= 0.3 is 0 Å². The Bertz CT molecular complexity index is 1160. The van der Waals surface area contributed by atoms with E-state index < -0.39 is 5.91 Å². The van der Waals surface area contributed by atoms with Crippen molar-refractivity contribution in [1.82, 2.24) is 9.88 Å². The second kappa shape index (κ2) is 8.62. The lowest BCUT2D eigenvalue weighted by molar-refractivity contribution is -0.137. The van der Waals surface area contributed by atoms with Crippen LogP contribution < -0.4 is 10.6 Å². The van der Waals surface area contributed by atoms with E-state index >= 15 is 0 Å². The monoisotopic (exact) mass is 412 g/mol. The molecular formula is C24H20N4O3. The molecule has 0 fully saturated rings. The van der Waals surface area contributed by atoms with Crippen LogP contribution in [0.15, 0.2) is 84.8 Å². The number of nitrogens with one attached hydrogen (secondary N) is 2. The van der Waals surface area contributed by atoms with Crippen molar-refractivity contribution in [3.63, 3.8) is 0 Å². The van der Waals surface area contributed by atoms with Crippen LogP contribution in [0.3, 0.4) is 0 Å². The molecule has 0 saturated heterocycles. The van der Waals surface area contributed by atoms with Gasteiger partial charge in [-0.1, -0.05) is 30.3 Å². The molecule has 4 rings (SSSR count). The highest BCUT2D eigenvalue weighted by atomic mass is 16.2. The summed E-state index contributed by atoms with van der Waals surface area (Å²) >= 11 is 0. The van der Waals surface area contributed by atoms with Crippen molar-refractivity contribution < 1.29 is 14.4 Å². The Morgan fingerprint density at radius 2 is 1.52 bits per heavy atom. The smallest absolute Gasteiger partial charge is 0.278 e. The SMILES string of the molecule is CC(=O)Nc1ccc(NC2=C(c3ccccc3)C(=O)N(Cc3ccncc3)C2=O)cc1. The van der Waals surface area contributed by atoms with Crippen molar-refractivity contribution in [2.75, 3.05) is 10.6 Å². The Balaban J connectivity index is 1.67. The summed E-state index contributed by atoms with van der Waals surface area (Å²) in [5, 5.41) is 5.81. The van der Waals surface area contributed by atoms with E-state index in [1.165, 1.54) is 11.8 Å². The summed E-state index contributed by atoms with van der Waals surface area (Å²) in [6.45, 7) is 1.59. The number of carbonyl (C=O) groups is 3.